The van der Waals surface area contributed by atoms with E-state index in [4.69, 9.17) is 5.11 Å². The Balaban J connectivity index is 1.89. The molecule has 0 aromatic heterocycles. The van der Waals surface area contributed by atoms with Crippen LogP contribution in [0.4, 0.5) is 5.69 Å². The Bertz CT molecular complexity index is 640. The van der Waals surface area contributed by atoms with Crippen LogP contribution >= 0.6 is 0 Å². The van der Waals surface area contributed by atoms with Gasteiger partial charge in [0.1, 0.15) is 0 Å². The van der Waals surface area contributed by atoms with E-state index in [9.17, 15) is 13.2 Å². The highest BCUT2D eigenvalue weighted by Gasteiger charge is 2.38. The lowest BCUT2D eigenvalue weighted by molar-refractivity contribution is -0.137. The molecule has 1 saturated heterocycles. The van der Waals surface area contributed by atoms with E-state index in [0.717, 1.165) is 11.3 Å². The van der Waals surface area contributed by atoms with Crippen LogP contribution in [-0.4, -0.2) is 43.6 Å². The molecule has 0 spiro atoms. The lowest BCUT2D eigenvalue weighted by Crippen LogP contribution is -2.35. The van der Waals surface area contributed by atoms with Crippen molar-refractivity contribution in [3.05, 3.63) is 29.8 Å². The van der Waals surface area contributed by atoms with Crippen LogP contribution in [0.1, 0.15) is 24.3 Å². The second-order valence-corrected chi connectivity index (χ2v) is 7.79. The number of hydrogen-bond acceptors (Lipinski definition) is 4. The fourth-order valence-corrected chi connectivity index (χ4v) is 5.01. The number of benzene rings is 1. The Morgan fingerprint density at radius 3 is 2.75 bits per heavy atom. The summed E-state index contributed by atoms with van der Waals surface area (Å²) in [5, 5.41) is 9.02. The van der Waals surface area contributed by atoms with Crippen LogP contribution in [0.2, 0.25) is 0 Å². The first-order valence-corrected chi connectivity index (χ1v) is 8.56. The summed E-state index contributed by atoms with van der Waals surface area (Å²) in [6, 6.07) is 7.72. The zero-order valence-electron chi connectivity index (χ0n) is 11.0. The summed E-state index contributed by atoms with van der Waals surface area (Å²) in [4.78, 5) is 13.1. The van der Waals surface area contributed by atoms with E-state index in [1.807, 2.05) is 24.3 Å². The number of para-hydroxylation sites is 1. The number of sulfone groups is 1. The van der Waals surface area contributed by atoms with Gasteiger partial charge in [0.05, 0.1) is 17.9 Å². The number of rotatable bonds is 3. The molecule has 0 saturated carbocycles. The monoisotopic (exact) mass is 295 g/mol. The molecule has 2 unspecified atom stereocenters. The molecule has 2 aliphatic heterocycles. The second kappa shape index (κ2) is 4.77. The molecule has 1 N–H and O–H groups in total. The molecule has 5 nitrogen and oxygen atoms in total. The number of hydrogen-bond donors (Lipinski definition) is 1. The van der Waals surface area contributed by atoms with Gasteiger partial charge in [0, 0.05) is 24.2 Å². The maximum atomic E-state index is 11.6. The Morgan fingerprint density at radius 1 is 1.35 bits per heavy atom. The number of carboxylic acids is 1. The summed E-state index contributed by atoms with van der Waals surface area (Å²) in [7, 11) is -2.93. The molecule has 2 aliphatic rings. The molecule has 1 fully saturated rings. The average Bonchev–Trinajstić information content (AvgIpc) is 2.90. The minimum absolute atomic E-state index is 0.0139. The SMILES string of the molecule is O=C(O)CC1CN(C2CCS(=O)(=O)C2)c2ccccc21. The number of carboxylic acid groups (broad SMARTS) is 1. The Morgan fingerprint density at radius 2 is 2.10 bits per heavy atom. The van der Waals surface area contributed by atoms with Gasteiger partial charge in [-0.2, -0.15) is 0 Å². The first kappa shape index (κ1) is 13.4. The molecule has 20 heavy (non-hydrogen) atoms. The predicted octanol–water partition coefficient (Wildman–Crippen LogP) is 1.25. The number of fused-ring (bicyclic) bond motifs is 1. The van der Waals surface area contributed by atoms with Crippen molar-refractivity contribution >= 4 is 21.5 Å². The molecule has 1 aromatic rings. The maximum Gasteiger partial charge on any atom is 0.304 e. The van der Waals surface area contributed by atoms with Gasteiger partial charge in [0.2, 0.25) is 0 Å². The highest BCUT2D eigenvalue weighted by molar-refractivity contribution is 7.91. The van der Waals surface area contributed by atoms with Crippen molar-refractivity contribution in [3.8, 4) is 0 Å². The average molecular weight is 295 g/mol. The molecule has 3 rings (SSSR count). The van der Waals surface area contributed by atoms with Crippen LogP contribution in [0.15, 0.2) is 24.3 Å². The fraction of sp³-hybridized carbons (Fsp3) is 0.500. The zero-order valence-corrected chi connectivity index (χ0v) is 11.8. The summed E-state index contributed by atoms with van der Waals surface area (Å²) < 4.78 is 23.3. The highest BCUT2D eigenvalue weighted by atomic mass is 32.2. The van der Waals surface area contributed by atoms with Crippen molar-refractivity contribution in [2.24, 2.45) is 0 Å². The number of anilines is 1. The van der Waals surface area contributed by atoms with E-state index in [2.05, 4.69) is 4.90 Å². The molecule has 6 heteroatoms. The Kier molecular flexibility index (Phi) is 3.20. The summed E-state index contributed by atoms with van der Waals surface area (Å²) in [5.41, 5.74) is 2.03. The van der Waals surface area contributed by atoms with Crippen LogP contribution in [0.5, 0.6) is 0 Å². The van der Waals surface area contributed by atoms with Crippen LogP contribution in [0, 0.1) is 0 Å². The minimum Gasteiger partial charge on any atom is -0.481 e. The van der Waals surface area contributed by atoms with Gasteiger partial charge in [-0.3, -0.25) is 4.79 Å². The molecule has 2 atom stereocenters. The van der Waals surface area contributed by atoms with Crippen LogP contribution in [-0.2, 0) is 14.6 Å². The fourth-order valence-electron chi connectivity index (χ4n) is 3.28. The zero-order chi connectivity index (χ0) is 14.3. The van der Waals surface area contributed by atoms with E-state index >= 15 is 0 Å². The van der Waals surface area contributed by atoms with E-state index in [1.54, 1.807) is 0 Å². The van der Waals surface area contributed by atoms with E-state index in [1.165, 1.54) is 0 Å². The third kappa shape index (κ3) is 2.40. The lowest BCUT2D eigenvalue weighted by atomic mass is 9.98. The van der Waals surface area contributed by atoms with Gasteiger partial charge in [-0.05, 0) is 18.1 Å². The van der Waals surface area contributed by atoms with Crippen molar-refractivity contribution in [1.82, 2.24) is 0 Å². The largest absolute Gasteiger partial charge is 0.481 e. The molecule has 0 radical (unpaired) electrons. The van der Waals surface area contributed by atoms with E-state index in [-0.39, 0.29) is 29.9 Å². The highest BCUT2D eigenvalue weighted by Crippen LogP contribution is 2.40. The molecule has 2 heterocycles. The van der Waals surface area contributed by atoms with Gasteiger partial charge in [-0.1, -0.05) is 18.2 Å². The first-order valence-electron chi connectivity index (χ1n) is 6.74. The quantitative estimate of drug-likeness (QED) is 0.908. The third-order valence-electron chi connectivity index (χ3n) is 4.17. The van der Waals surface area contributed by atoms with Crippen molar-refractivity contribution in [2.45, 2.75) is 24.8 Å². The molecular weight excluding hydrogens is 278 g/mol. The molecule has 1 aromatic carbocycles. The van der Waals surface area contributed by atoms with Gasteiger partial charge in [-0.15, -0.1) is 0 Å². The molecule has 0 amide bonds. The van der Waals surface area contributed by atoms with Crippen LogP contribution in [0.3, 0.4) is 0 Å². The second-order valence-electron chi connectivity index (χ2n) is 5.56. The normalized spacial score (nSPS) is 27.5. The van der Waals surface area contributed by atoms with Gasteiger partial charge < -0.3 is 10.0 Å². The third-order valence-corrected chi connectivity index (χ3v) is 5.92. The summed E-state index contributed by atoms with van der Waals surface area (Å²) in [6.45, 7) is 0.603. The van der Waals surface area contributed by atoms with Crippen molar-refractivity contribution in [2.75, 3.05) is 23.0 Å². The summed E-state index contributed by atoms with van der Waals surface area (Å²) >= 11 is 0. The van der Waals surface area contributed by atoms with Crippen LogP contribution < -0.4 is 4.90 Å². The van der Waals surface area contributed by atoms with E-state index < -0.39 is 15.8 Å². The molecule has 108 valence electrons. The van der Waals surface area contributed by atoms with Crippen molar-refractivity contribution in [3.63, 3.8) is 0 Å². The minimum atomic E-state index is -2.93. The van der Waals surface area contributed by atoms with Crippen LogP contribution in [0.25, 0.3) is 0 Å². The maximum absolute atomic E-state index is 11.6. The topological polar surface area (TPSA) is 74.7 Å². The molecular formula is C14H17NO4S. The number of carbonyl (C=O) groups is 1. The molecule has 0 bridgehead atoms. The molecule has 0 aliphatic carbocycles. The summed E-state index contributed by atoms with van der Waals surface area (Å²) in [6.07, 6.45) is 0.726. The smallest absolute Gasteiger partial charge is 0.304 e. The van der Waals surface area contributed by atoms with Gasteiger partial charge in [0.25, 0.3) is 0 Å². The number of nitrogens with zero attached hydrogens (tertiary/aromatic N) is 1. The van der Waals surface area contributed by atoms with Crippen molar-refractivity contribution in [1.29, 1.82) is 0 Å². The van der Waals surface area contributed by atoms with E-state index in [0.29, 0.717) is 13.0 Å². The van der Waals surface area contributed by atoms with Gasteiger partial charge in [-0.25, -0.2) is 8.42 Å². The summed E-state index contributed by atoms with van der Waals surface area (Å²) in [5.74, 6) is -0.446. The first-order chi connectivity index (χ1) is 9.46. The van der Waals surface area contributed by atoms with Gasteiger partial charge >= 0.3 is 5.97 Å². The predicted molar refractivity (Wildman–Crippen MR) is 75.8 cm³/mol. The van der Waals surface area contributed by atoms with Crippen molar-refractivity contribution < 1.29 is 18.3 Å². The Hall–Kier alpha value is -1.56. The van der Waals surface area contributed by atoms with Gasteiger partial charge in [0.15, 0.2) is 9.84 Å². The standard InChI is InChI=1S/C14H17NO4S/c16-14(17)7-10-8-15(11-5-6-20(18,19)9-11)13-4-2-1-3-12(10)13/h1-4,10-11H,5-9H2,(H,16,17). The Labute approximate surface area is 118 Å². The number of aliphatic carboxylic acids is 1. The lowest BCUT2D eigenvalue weighted by Gasteiger charge is -2.26.